The molecule has 2 aliphatic rings. The number of nitrogens with two attached hydrogens (primary N) is 1. The van der Waals surface area contributed by atoms with Gasteiger partial charge in [0.1, 0.15) is 10.9 Å². The molecule has 4 nitrogen and oxygen atoms in total. The van der Waals surface area contributed by atoms with Gasteiger partial charge in [-0.15, -0.1) is 0 Å². The fraction of sp³-hybridized carbons (Fsp3) is 0.529. The van der Waals surface area contributed by atoms with Crippen molar-refractivity contribution in [3.05, 3.63) is 34.9 Å². The molecule has 0 amide bonds. The van der Waals surface area contributed by atoms with Crippen molar-refractivity contribution in [1.29, 1.82) is 0 Å². The number of rotatable bonds is 5. The van der Waals surface area contributed by atoms with Crippen LogP contribution in [0.1, 0.15) is 44.9 Å². The van der Waals surface area contributed by atoms with Gasteiger partial charge in [0.25, 0.3) is 0 Å². The third-order valence-corrected chi connectivity index (χ3v) is 4.41. The molecule has 0 unspecified atom stereocenters. The predicted molar refractivity (Wildman–Crippen MR) is 89.2 cm³/mol. The zero-order chi connectivity index (χ0) is 15.4. The van der Waals surface area contributed by atoms with Crippen LogP contribution in [0.5, 0.6) is 5.75 Å². The maximum atomic E-state index is 6.40. The van der Waals surface area contributed by atoms with E-state index >= 15 is 0 Å². The minimum Gasteiger partial charge on any atom is -0.454 e. The summed E-state index contributed by atoms with van der Waals surface area (Å²) in [6.07, 6.45) is 11.8. The predicted octanol–water partition coefficient (Wildman–Crippen LogP) is 4.10. The average molecular weight is 320 g/mol. The van der Waals surface area contributed by atoms with Gasteiger partial charge in [-0.2, -0.15) is 0 Å². The second-order valence-electron chi connectivity index (χ2n) is 6.08. The Balaban J connectivity index is 1.81. The second-order valence-corrected chi connectivity index (χ2v) is 6.47. The summed E-state index contributed by atoms with van der Waals surface area (Å²) in [7, 11) is 0. The Morgan fingerprint density at radius 3 is 2.73 bits per heavy atom. The molecular weight excluding hydrogens is 298 g/mol. The monoisotopic (exact) mass is 319 g/mol. The number of aromatic nitrogens is 1. The maximum Gasteiger partial charge on any atom is 0.164 e. The van der Waals surface area contributed by atoms with Crippen molar-refractivity contribution in [2.75, 3.05) is 0 Å². The Morgan fingerprint density at radius 2 is 2.05 bits per heavy atom. The van der Waals surface area contributed by atoms with E-state index in [1.165, 1.54) is 19.3 Å². The average Bonchev–Trinajstić information content (AvgIpc) is 3.36. The summed E-state index contributed by atoms with van der Waals surface area (Å²) >= 11 is 5.92. The summed E-state index contributed by atoms with van der Waals surface area (Å²) in [6, 6.07) is 3.92. The van der Waals surface area contributed by atoms with Crippen LogP contribution in [-0.4, -0.2) is 17.2 Å². The van der Waals surface area contributed by atoms with Crippen molar-refractivity contribution in [3.8, 4) is 5.75 Å². The molecule has 2 aliphatic carbocycles. The van der Waals surface area contributed by atoms with Crippen molar-refractivity contribution in [2.24, 2.45) is 16.6 Å². The first-order chi connectivity index (χ1) is 10.7. The molecule has 0 saturated heterocycles. The van der Waals surface area contributed by atoms with Crippen LogP contribution in [0.15, 0.2) is 34.8 Å². The molecule has 5 heteroatoms. The molecular formula is C17H22ClN3O. The third-order valence-electron chi connectivity index (χ3n) is 4.20. The molecule has 1 aromatic rings. The molecule has 2 fully saturated rings. The van der Waals surface area contributed by atoms with E-state index in [4.69, 9.17) is 22.1 Å². The molecule has 3 rings (SSSR count). The van der Waals surface area contributed by atoms with Crippen molar-refractivity contribution in [1.82, 2.24) is 4.98 Å². The highest BCUT2D eigenvalue weighted by atomic mass is 35.5. The first-order valence-electron chi connectivity index (χ1n) is 8.04. The molecule has 0 aliphatic heterocycles. The lowest BCUT2D eigenvalue weighted by Crippen LogP contribution is -2.20. The van der Waals surface area contributed by atoms with E-state index < -0.39 is 0 Å². The van der Waals surface area contributed by atoms with E-state index in [1.807, 2.05) is 0 Å². The first kappa shape index (κ1) is 15.3. The highest BCUT2D eigenvalue weighted by Crippen LogP contribution is 2.30. The molecule has 2 saturated carbocycles. The Hall–Kier alpha value is -1.55. The van der Waals surface area contributed by atoms with Gasteiger partial charge in [-0.25, -0.2) is 4.98 Å². The fourth-order valence-electron chi connectivity index (χ4n) is 2.75. The number of halogens is 1. The summed E-state index contributed by atoms with van der Waals surface area (Å²) in [5, 5.41) is 0.409. The minimum atomic E-state index is 0.395. The van der Waals surface area contributed by atoms with E-state index in [0.29, 0.717) is 28.6 Å². The van der Waals surface area contributed by atoms with E-state index in [0.717, 1.165) is 31.4 Å². The molecule has 0 aromatic carbocycles. The highest BCUT2D eigenvalue weighted by molar-refractivity contribution is 6.29. The summed E-state index contributed by atoms with van der Waals surface area (Å²) in [5.74, 6) is 1.71. The number of hydrogen-bond donors (Lipinski definition) is 1. The molecule has 0 atom stereocenters. The van der Waals surface area contributed by atoms with Gasteiger partial charge in [0.15, 0.2) is 5.76 Å². The van der Waals surface area contributed by atoms with Crippen LogP contribution in [-0.2, 0) is 0 Å². The van der Waals surface area contributed by atoms with Crippen LogP contribution in [0.3, 0.4) is 0 Å². The summed E-state index contributed by atoms with van der Waals surface area (Å²) < 4.78 is 5.97. The van der Waals surface area contributed by atoms with Gasteiger partial charge in [-0.05, 0) is 31.7 Å². The van der Waals surface area contributed by atoms with Crippen LogP contribution >= 0.6 is 11.6 Å². The van der Waals surface area contributed by atoms with Gasteiger partial charge in [0.05, 0.1) is 18.0 Å². The maximum absolute atomic E-state index is 6.40. The van der Waals surface area contributed by atoms with Crippen molar-refractivity contribution in [2.45, 2.75) is 51.0 Å². The minimum absolute atomic E-state index is 0.395. The van der Waals surface area contributed by atoms with Crippen molar-refractivity contribution in [3.63, 3.8) is 0 Å². The van der Waals surface area contributed by atoms with Crippen molar-refractivity contribution < 1.29 is 4.74 Å². The SMILES string of the molecule is N/C(=C(\C=NC1CC1)Oc1ccnc(Cl)c1)C1CCCCC1. The zero-order valence-electron chi connectivity index (χ0n) is 12.7. The largest absolute Gasteiger partial charge is 0.454 e. The number of aliphatic imine (C=N–C) groups is 1. The number of nitrogens with zero attached hydrogens (tertiary/aromatic N) is 2. The molecule has 0 bridgehead atoms. The van der Waals surface area contributed by atoms with Crippen LogP contribution in [0.25, 0.3) is 0 Å². The standard InChI is InChI=1S/C17H22ClN3O/c18-16-10-14(8-9-20-16)22-15(11-21-13-6-7-13)17(19)12-4-2-1-3-5-12/h8-13H,1-7,19H2/b17-15+,21-11?. The number of pyridine rings is 1. The molecule has 1 aromatic heterocycles. The molecule has 22 heavy (non-hydrogen) atoms. The summed E-state index contributed by atoms with van der Waals surface area (Å²) in [4.78, 5) is 8.50. The van der Waals surface area contributed by atoms with Crippen LogP contribution in [0.2, 0.25) is 5.15 Å². The van der Waals surface area contributed by atoms with Crippen LogP contribution in [0, 0.1) is 5.92 Å². The summed E-state index contributed by atoms with van der Waals surface area (Å²) in [6.45, 7) is 0. The van der Waals surface area contributed by atoms with E-state index in [-0.39, 0.29) is 0 Å². The number of ether oxygens (including phenoxy) is 1. The van der Waals surface area contributed by atoms with Gasteiger partial charge in [-0.1, -0.05) is 30.9 Å². The number of hydrogen-bond acceptors (Lipinski definition) is 4. The van der Waals surface area contributed by atoms with E-state index in [9.17, 15) is 0 Å². The Kier molecular flexibility index (Phi) is 4.98. The van der Waals surface area contributed by atoms with Crippen LogP contribution in [0.4, 0.5) is 0 Å². The van der Waals surface area contributed by atoms with Gasteiger partial charge in [0.2, 0.25) is 0 Å². The van der Waals surface area contributed by atoms with Crippen molar-refractivity contribution >= 4 is 17.8 Å². The normalized spacial score (nSPS) is 21.0. The van der Waals surface area contributed by atoms with E-state index in [2.05, 4.69) is 9.98 Å². The van der Waals surface area contributed by atoms with Gasteiger partial charge >= 0.3 is 0 Å². The molecule has 0 radical (unpaired) electrons. The lowest BCUT2D eigenvalue weighted by Gasteiger charge is -2.23. The molecule has 2 N–H and O–H groups in total. The fourth-order valence-corrected chi connectivity index (χ4v) is 2.91. The lowest BCUT2D eigenvalue weighted by atomic mass is 9.86. The lowest BCUT2D eigenvalue weighted by molar-refractivity contribution is 0.375. The quantitative estimate of drug-likeness (QED) is 0.505. The topological polar surface area (TPSA) is 60.5 Å². The Morgan fingerprint density at radius 1 is 1.27 bits per heavy atom. The molecule has 0 spiro atoms. The second kappa shape index (κ2) is 7.14. The van der Waals surface area contributed by atoms with Crippen LogP contribution < -0.4 is 10.5 Å². The zero-order valence-corrected chi connectivity index (χ0v) is 13.4. The third kappa shape index (κ3) is 4.23. The highest BCUT2D eigenvalue weighted by Gasteiger charge is 2.22. The number of allylic oxidation sites excluding steroid dienone is 2. The summed E-state index contributed by atoms with van der Waals surface area (Å²) in [5.41, 5.74) is 7.22. The molecule has 1 heterocycles. The smallest absolute Gasteiger partial charge is 0.164 e. The van der Waals surface area contributed by atoms with Gasteiger partial charge in [0, 0.05) is 18.2 Å². The first-order valence-corrected chi connectivity index (χ1v) is 8.42. The molecule has 118 valence electrons. The van der Waals surface area contributed by atoms with Gasteiger partial charge < -0.3 is 10.5 Å². The van der Waals surface area contributed by atoms with Gasteiger partial charge in [-0.3, -0.25) is 4.99 Å². The Labute approximate surface area is 136 Å². The Bertz CT molecular complexity index is 575. The van der Waals surface area contributed by atoms with E-state index in [1.54, 1.807) is 24.5 Å².